The number of Topliss-reactive ketones (excluding diaryl/α,β-unsaturated/α-hetero) is 1. The van der Waals surface area contributed by atoms with Gasteiger partial charge in [-0.05, 0) is 43.7 Å². The summed E-state index contributed by atoms with van der Waals surface area (Å²) < 4.78 is 0. The second-order valence-electron chi connectivity index (χ2n) is 6.29. The van der Waals surface area contributed by atoms with Crippen LogP contribution < -0.4 is 10.6 Å². The molecule has 27 heavy (non-hydrogen) atoms. The summed E-state index contributed by atoms with van der Waals surface area (Å²) >= 11 is 0. The van der Waals surface area contributed by atoms with E-state index in [1.807, 2.05) is 31.2 Å². The monoisotopic (exact) mass is 363 g/mol. The predicted octanol–water partition coefficient (Wildman–Crippen LogP) is 3.44. The molecule has 6 heteroatoms. The first kappa shape index (κ1) is 18.4. The summed E-state index contributed by atoms with van der Waals surface area (Å²) in [6.45, 7) is 4.35. The Morgan fingerprint density at radius 1 is 1.00 bits per heavy atom. The fraction of sp³-hybridized carbons (Fsp3) is 0.190. The molecule has 138 valence electrons. The van der Waals surface area contributed by atoms with Crippen molar-refractivity contribution in [1.29, 1.82) is 0 Å². The van der Waals surface area contributed by atoms with E-state index in [4.69, 9.17) is 0 Å². The molecule has 0 atom stereocenters. The number of rotatable bonds is 6. The van der Waals surface area contributed by atoms with E-state index in [9.17, 15) is 14.4 Å². The third-order valence-corrected chi connectivity index (χ3v) is 4.27. The molecule has 0 radical (unpaired) electrons. The molecule has 3 rings (SSSR count). The van der Waals surface area contributed by atoms with Crippen LogP contribution in [0.15, 0.2) is 48.5 Å². The minimum atomic E-state index is -0.717. The Bertz CT molecular complexity index is 1000. The highest BCUT2D eigenvalue weighted by atomic mass is 16.2. The second kappa shape index (κ2) is 7.86. The van der Waals surface area contributed by atoms with Gasteiger partial charge in [0.25, 0.3) is 17.6 Å². The Morgan fingerprint density at radius 2 is 1.70 bits per heavy atom. The van der Waals surface area contributed by atoms with Crippen molar-refractivity contribution in [1.82, 2.24) is 10.3 Å². The number of fused-ring (bicyclic) bond motifs is 1. The number of aromatic amines is 1. The zero-order chi connectivity index (χ0) is 19.4. The predicted molar refractivity (Wildman–Crippen MR) is 105 cm³/mol. The Kier molecular flexibility index (Phi) is 5.35. The maximum atomic E-state index is 12.6. The highest BCUT2D eigenvalue weighted by Gasteiger charge is 2.22. The number of nitrogens with one attached hydrogen (secondary N) is 3. The first-order valence-corrected chi connectivity index (χ1v) is 8.82. The van der Waals surface area contributed by atoms with E-state index in [0.29, 0.717) is 29.1 Å². The van der Waals surface area contributed by atoms with Crippen LogP contribution >= 0.6 is 0 Å². The van der Waals surface area contributed by atoms with Crippen LogP contribution in [0.5, 0.6) is 0 Å². The number of H-pyrrole nitrogens is 1. The number of hydrogen-bond donors (Lipinski definition) is 3. The van der Waals surface area contributed by atoms with Crippen molar-refractivity contribution in [3.8, 4) is 0 Å². The quantitative estimate of drug-likeness (QED) is 0.463. The zero-order valence-electron chi connectivity index (χ0n) is 15.3. The van der Waals surface area contributed by atoms with Crippen molar-refractivity contribution in [2.24, 2.45) is 0 Å². The second-order valence-corrected chi connectivity index (χ2v) is 6.29. The number of ketones is 1. The van der Waals surface area contributed by atoms with Crippen LogP contribution in [0.1, 0.15) is 39.8 Å². The fourth-order valence-corrected chi connectivity index (χ4v) is 2.92. The molecule has 0 aliphatic heterocycles. The molecule has 2 amide bonds. The van der Waals surface area contributed by atoms with Crippen molar-refractivity contribution in [2.75, 3.05) is 11.9 Å². The fourth-order valence-electron chi connectivity index (χ4n) is 2.92. The number of hydrogen-bond acceptors (Lipinski definition) is 3. The standard InChI is InChI=1S/C21H21N3O3/c1-3-12-22-20(26)14-8-10-15(11-9-14)24-21(27)19(25)18-13(2)23-17-7-5-4-6-16(17)18/h4-11,23H,3,12H2,1-2H3,(H,22,26)(H,24,27). The van der Waals surface area contributed by atoms with Gasteiger partial charge >= 0.3 is 0 Å². The molecule has 0 saturated heterocycles. The Hall–Kier alpha value is -3.41. The number of carbonyl (C=O) groups excluding carboxylic acids is 3. The smallest absolute Gasteiger partial charge is 0.296 e. The van der Waals surface area contributed by atoms with Crippen molar-refractivity contribution < 1.29 is 14.4 Å². The summed E-state index contributed by atoms with van der Waals surface area (Å²) in [7, 11) is 0. The molecule has 0 aliphatic rings. The van der Waals surface area contributed by atoms with E-state index in [2.05, 4.69) is 15.6 Å². The number of benzene rings is 2. The summed E-state index contributed by atoms with van der Waals surface area (Å²) in [5.41, 5.74) is 2.80. The number of amides is 2. The molecular formula is C21H21N3O3. The van der Waals surface area contributed by atoms with Gasteiger partial charge in [-0.25, -0.2) is 0 Å². The van der Waals surface area contributed by atoms with E-state index in [0.717, 1.165) is 17.3 Å². The molecular weight excluding hydrogens is 342 g/mol. The summed E-state index contributed by atoms with van der Waals surface area (Å²) in [4.78, 5) is 40.1. The lowest BCUT2D eigenvalue weighted by Gasteiger charge is -2.07. The summed E-state index contributed by atoms with van der Waals surface area (Å²) in [5, 5.41) is 6.10. The number of aryl methyl sites for hydroxylation is 1. The van der Waals surface area contributed by atoms with Gasteiger partial charge in [-0.3, -0.25) is 14.4 Å². The van der Waals surface area contributed by atoms with Crippen LogP contribution in [0.2, 0.25) is 0 Å². The number of aromatic nitrogens is 1. The molecule has 1 aromatic heterocycles. The minimum Gasteiger partial charge on any atom is -0.358 e. The van der Waals surface area contributed by atoms with Crippen molar-refractivity contribution in [3.05, 3.63) is 65.4 Å². The number of anilines is 1. The van der Waals surface area contributed by atoms with Crippen LogP contribution in [0.25, 0.3) is 10.9 Å². The average Bonchev–Trinajstić information content (AvgIpc) is 3.01. The molecule has 0 bridgehead atoms. The largest absolute Gasteiger partial charge is 0.358 e. The Balaban J connectivity index is 1.74. The average molecular weight is 363 g/mol. The SMILES string of the molecule is CCCNC(=O)c1ccc(NC(=O)C(=O)c2c(C)[nH]c3ccccc23)cc1. The molecule has 2 aromatic carbocycles. The lowest BCUT2D eigenvalue weighted by atomic mass is 10.1. The minimum absolute atomic E-state index is 0.166. The van der Waals surface area contributed by atoms with Gasteiger partial charge in [0.2, 0.25) is 0 Å². The maximum Gasteiger partial charge on any atom is 0.296 e. The molecule has 0 unspecified atom stereocenters. The highest BCUT2D eigenvalue weighted by Crippen LogP contribution is 2.22. The molecule has 3 aromatic rings. The normalized spacial score (nSPS) is 10.6. The van der Waals surface area contributed by atoms with Gasteiger partial charge in [-0.15, -0.1) is 0 Å². The molecule has 0 aliphatic carbocycles. The molecule has 0 spiro atoms. The Labute approximate surface area is 157 Å². The summed E-state index contributed by atoms with van der Waals surface area (Å²) in [6, 6.07) is 13.8. The zero-order valence-corrected chi connectivity index (χ0v) is 15.3. The molecule has 0 fully saturated rings. The van der Waals surface area contributed by atoms with Crippen molar-refractivity contribution >= 4 is 34.2 Å². The molecule has 3 N–H and O–H groups in total. The number of para-hydroxylation sites is 1. The first-order valence-electron chi connectivity index (χ1n) is 8.82. The molecule has 6 nitrogen and oxygen atoms in total. The third-order valence-electron chi connectivity index (χ3n) is 4.27. The van der Waals surface area contributed by atoms with Gasteiger partial charge in [-0.2, -0.15) is 0 Å². The van der Waals surface area contributed by atoms with E-state index < -0.39 is 11.7 Å². The lowest BCUT2D eigenvalue weighted by molar-refractivity contribution is -0.112. The van der Waals surface area contributed by atoms with Gasteiger partial charge < -0.3 is 15.6 Å². The third kappa shape index (κ3) is 3.89. The van der Waals surface area contributed by atoms with Gasteiger partial charge in [0.1, 0.15) is 0 Å². The van der Waals surface area contributed by atoms with Crippen LogP contribution in [0, 0.1) is 6.92 Å². The van der Waals surface area contributed by atoms with E-state index in [-0.39, 0.29) is 5.91 Å². The topological polar surface area (TPSA) is 91.1 Å². The van der Waals surface area contributed by atoms with Crippen LogP contribution in [0.3, 0.4) is 0 Å². The molecule has 0 saturated carbocycles. The molecule has 1 heterocycles. The lowest BCUT2D eigenvalue weighted by Crippen LogP contribution is -2.24. The van der Waals surface area contributed by atoms with E-state index in [1.54, 1.807) is 31.2 Å². The van der Waals surface area contributed by atoms with Crippen LogP contribution in [-0.2, 0) is 4.79 Å². The maximum absolute atomic E-state index is 12.6. The summed E-state index contributed by atoms with van der Waals surface area (Å²) in [5.74, 6) is -1.49. The van der Waals surface area contributed by atoms with E-state index >= 15 is 0 Å². The van der Waals surface area contributed by atoms with Crippen LogP contribution in [0.4, 0.5) is 5.69 Å². The van der Waals surface area contributed by atoms with Gasteiger partial charge in [0, 0.05) is 34.4 Å². The van der Waals surface area contributed by atoms with Gasteiger partial charge in [-0.1, -0.05) is 25.1 Å². The van der Waals surface area contributed by atoms with Crippen molar-refractivity contribution in [3.63, 3.8) is 0 Å². The van der Waals surface area contributed by atoms with Gasteiger partial charge in [0.05, 0.1) is 5.56 Å². The van der Waals surface area contributed by atoms with Crippen LogP contribution in [-0.4, -0.2) is 29.1 Å². The van der Waals surface area contributed by atoms with E-state index in [1.165, 1.54) is 0 Å². The van der Waals surface area contributed by atoms with Gasteiger partial charge in [0.15, 0.2) is 0 Å². The van der Waals surface area contributed by atoms with Crippen molar-refractivity contribution in [2.45, 2.75) is 20.3 Å². The summed E-state index contributed by atoms with van der Waals surface area (Å²) in [6.07, 6.45) is 0.856. The number of carbonyl (C=O) groups is 3. The first-order chi connectivity index (χ1) is 13.0. The Morgan fingerprint density at radius 3 is 2.41 bits per heavy atom. The highest BCUT2D eigenvalue weighted by molar-refractivity contribution is 6.48.